The lowest BCUT2D eigenvalue weighted by molar-refractivity contribution is -0.329. The number of amides is 2. The zero-order valence-corrected chi connectivity index (χ0v) is 30.2. The summed E-state index contributed by atoms with van der Waals surface area (Å²) in [6.45, 7) is 14.1. The van der Waals surface area contributed by atoms with E-state index < -0.39 is 94.3 Å². The Kier molecular flexibility index (Phi) is 7.95. The van der Waals surface area contributed by atoms with E-state index in [1.165, 1.54) is 0 Å². The van der Waals surface area contributed by atoms with Gasteiger partial charge in [0.1, 0.15) is 11.2 Å². The standard InChI is InChI=1S/C36H52F6N4O5/c1-31(2,3)49-29(47)43-7-9-45-13-21-17-11-18(22(21)14-45)26-25(17)33(35(37,38)39)27-19-12-20(28(27)34(26,51-33)36(40,41)42)24-16-46(15-23(19)24)10-8-44-30(48)50-32(4,5)6/h17-28H,7-16H2,1-6H3,(H,43,47)(H,44,48)/t17-,18+,19+,20-,21-,22+,23+,24-,25-,26+,27+,28-,33?,34?. The zero-order chi connectivity index (χ0) is 36.8. The van der Waals surface area contributed by atoms with Gasteiger partial charge in [-0.15, -0.1) is 0 Å². The molecule has 0 aromatic carbocycles. The first-order valence-corrected chi connectivity index (χ1v) is 18.8. The molecule has 8 aliphatic rings. The van der Waals surface area contributed by atoms with Crippen LogP contribution in [0.1, 0.15) is 54.4 Å². The highest BCUT2D eigenvalue weighted by Gasteiger charge is 2.96. The van der Waals surface area contributed by atoms with Crippen LogP contribution in [0, 0.1) is 71.0 Å². The van der Waals surface area contributed by atoms with Gasteiger partial charge in [0, 0.05) is 76.0 Å². The molecule has 4 aliphatic heterocycles. The number of alkyl halides is 6. The van der Waals surface area contributed by atoms with Gasteiger partial charge >= 0.3 is 24.5 Å². The van der Waals surface area contributed by atoms with Crippen LogP contribution in [0.5, 0.6) is 0 Å². The Morgan fingerprint density at radius 2 is 0.882 bits per heavy atom. The van der Waals surface area contributed by atoms with Gasteiger partial charge in [0.25, 0.3) is 0 Å². The van der Waals surface area contributed by atoms with Gasteiger partial charge in [0.2, 0.25) is 0 Å². The van der Waals surface area contributed by atoms with Crippen molar-refractivity contribution in [2.24, 2.45) is 71.0 Å². The fourth-order valence-corrected chi connectivity index (χ4v) is 13.6. The second-order valence-corrected chi connectivity index (χ2v) is 18.9. The summed E-state index contributed by atoms with van der Waals surface area (Å²) in [6.07, 6.45) is -10.2. The third-order valence-corrected chi connectivity index (χ3v) is 14.3. The first kappa shape index (κ1) is 36.0. The van der Waals surface area contributed by atoms with E-state index in [0.29, 0.717) is 52.1 Å². The molecule has 6 bridgehead atoms. The van der Waals surface area contributed by atoms with Crippen molar-refractivity contribution >= 4 is 12.2 Å². The molecule has 0 radical (unpaired) electrons. The molecular formula is C36H52F6N4O5. The van der Waals surface area contributed by atoms with Crippen molar-refractivity contribution < 1.29 is 50.1 Å². The maximum atomic E-state index is 15.9. The van der Waals surface area contributed by atoms with Gasteiger partial charge in [-0.05, 0) is 102 Å². The number of nitrogens with zero attached hydrogens (tertiary/aromatic N) is 2. The van der Waals surface area contributed by atoms with Gasteiger partial charge in [-0.3, -0.25) is 0 Å². The van der Waals surface area contributed by atoms with Crippen LogP contribution in [0.2, 0.25) is 0 Å². The number of ether oxygens (including phenoxy) is 3. The number of carbonyl (C=O) groups is 2. The molecule has 0 spiro atoms. The van der Waals surface area contributed by atoms with Crippen molar-refractivity contribution in [3.63, 3.8) is 0 Å². The molecule has 8 fully saturated rings. The van der Waals surface area contributed by atoms with Crippen molar-refractivity contribution in [1.82, 2.24) is 20.4 Å². The van der Waals surface area contributed by atoms with Crippen LogP contribution >= 0.6 is 0 Å². The van der Waals surface area contributed by atoms with Crippen LogP contribution in [0.15, 0.2) is 0 Å². The molecule has 4 saturated carbocycles. The number of alkyl carbamates (subject to hydrolysis) is 2. The zero-order valence-electron chi connectivity index (χ0n) is 30.2. The van der Waals surface area contributed by atoms with Gasteiger partial charge in [-0.1, -0.05) is 0 Å². The SMILES string of the molecule is CC(C)(C)OC(=O)NCCN1C[C@@H]2[C@H](C1)[C@H]1C[C@@H]2[C@H]2[C@@H]1C1(C(F)(F)F)OC2(C(F)(F)F)[C@@H]2[C@@H]3C[C@@H]([C@@H]4CN(CCNC(=O)OC(C)(C)C)C[C@@H]43)[C@@H]21. The molecule has 0 aromatic heterocycles. The molecule has 2 unspecified atom stereocenters. The highest BCUT2D eigenvalue weighted by molar-refractivity contribution is 5.68. The predicted octanol–water partition coefficient (Wildman–Crippen LogP) is 5.54. The molecule has 4 heterocycles. The summed E-state index contributed by atoms with van der Waals surface area (Å²) < 4.78 is 112. The number of rotatable bonds is 6. The number of hydrogen-bond acceptors (Lipinski definition) is 7. The quantitative estimate of drug-likeness (QED) is 0.347. The third-order valence-electron chi connectivity index (χ3n) is 14.3. The highest BCUT2D eigenvalue weighted by Crippen LogP contribution is 2.86. The Bertz CT molecular complexity index is 1280. The fourth-order valence-electron chi connectivity index (χ4n) is 13.6. The van der Waals surface area contributed by atoms with Gasteiger partial charge < -0.3 is 34.6 Å². The normalized spacial score (nSPS) is 45.2. The van der Waals surface area contributed by atoms with Gasteiger partial charge in [0.15, 0.2) is 11.2 Å². The first-order chi connectivity index (χ1) is 23.6. The Hall–Kier alpha value is -2.00. The number of nitrogens with one attached hydrogen (secondary N) is 2. The van der Waals surface area contributed by atoms with E-state index in [1.807, 2.05) is 0 Å². The Balaban J connectivity index is 1.03. The van der Waals surface area contributed by atoms with E-state index in [1.54, 1.807) is 41.5 Å². The number of likely N-dealkylation sites (tertiary alicyclic amines) is 2. The molecule has 288 valence electrons. The monoisotopic (exact) mass is 734 g/mol. The van der Waals surface area contributed by atoms with Crippen LogP contribution in [-0.2, 0) is 14.2 Å². The van der Waals surface area contributed by atoms with Crippen LogP contribution in [0.25, 0.3) is 0 Å². The van der Waals surface area contributed by atoms with Gasteiger partial charge in [-0.2, -0.15) is 26.3 Å². The van der Waals surface area contributed by atoms with Gasteiger partial charge in [-0.25, -0.2) is 9.59 Å². The summed E-state index contributed by atoms with van der Waals surface area (Å²) >= 11 is 0. The summed E-state index contributed by atoms with van der Waals surface area (Å²) in [7, 11) is 0. The van der Waals surface area contributed by atoms with E-state index in [4.69, 9.17) is 14.2 Å². The van der Waals surface area contributed by atoms with Crippen LogP contribution in [0.3, 0.4) is 0 Å². The lowest BCUT2D eigenvalue weighted by Gasteiger charge is -2.54. The Morgan fingerprint density at radius 3 is 1.14 bits per heavy atom. The molecule has 14 atom stereocenters. The van der Waals surface area contributed by atoms with E-state index >= 15 is 26.3 Å². The molecular weight excluding hydrogens is 682 g/mol. The summed E-state index contributed by atoms with van der Waals surface area (Å²) in [6, 6.07) is 0. The summed E-state index contributed by atoms with van der Waals surface area (Å²) in [5, 5.41) is 5.46. The topological polar surface area (TPSA) is 92.4 Å². The third kappa shape index (κ3) is 5.18. The van der Waals surface area contributed by atoms with Crippen molar-refractivity contribution in [3.8, 4) is 0 Å². The van der Waals surface area contributed by atoms with Crippen molar-refractivity contribution in [2.75, 3.05) is 52.4 Å². The summed E-state index contributed by atoms with van der Waals surface area (Å²) in [5.41, 5.74) is -6.92. The largest absolute Gasteiger partial charge is 0.444 e. The average Bonchev–Trinajstić information content (AvgIpc) is 3.78. The average molecular weight is 735 g/mol. The lowest BCUT2D eigenvalue weighted by Crippen LogP contribution is -2.66. The first-order valence-electron chi connectivity index (χ1n) is 18.8. The van der Waals surface area contributed by atoms with E-state index in [0.717, 1.165) is 0 Å². The molecule has 4 saturated heterocycles. The van der Waals surface area contributed by atoms with Crippen LogP contribution in [0.4, 0.5) is 35.9 Å². The molecule has 2 N–H and O–H groups in total. The number of fused-ring (bicyclic) bond motifs is 22. The molecule has 9 nitrogen and oxygen atoms in total. The molecule has 2 amide bonds. The molecule has 15 heteroatoms. The summed E-state index contributed by atoms with van der Waals surface area (Å²) in [5.74, 6) is -7.32. The second kappa shape index (κ2) is 11.3. The van der Waals surface area contributed by atoms with E-state index in [9.17, 15) is 9.59 Å². The second-order valence-electron chi connectivity index (χ2n) is 18.9. The lowest BCUT2D eigenvalue weighted by atomic mass is 9.47. The summed E-state index contributed by atoms with van der Waals surface area (Å²) in [4.78, 5) is 28.5. The van der Waals surface area contributed by atoms with Gasteiger partial charge in [0.05, 0.1) is 0 Å². The fraction of sp³-hybridized carbons (Fsp3) is 0.944. The van der Waals surface area contributed by atoms with Crippen molar-refractivity contribution in [1.29, 1.82) is 0 Å². The Morgan fingerprint density at radius 1 is 0.588 bits per heavy atom. The van der Waals surface area contributed by atoms with Crippen LogP contribution < -0.4 is 10.6 Å². The number of carbonyl (C=O) groups excluding carboxylic acids is 2. The Labute approximate surface area is 295 Å². The molecule has 0 aromatic rings. The molecule has 8 rings (SSSR count). The highest BCUT2D eigenvalue weighted by atomic mass is 19.4. The van der Waals surface area contributed by atoms with Crippen molar-refractivity contribution in [2.45, 2.75) is 89.1 Å². The predicted molar refractivity (Wildman–Crippen MR) is 171 cm³/mol. The minimum absolute atomic E-state index is 0.130. The molecule has 51 heavy (non-hydrogen) atoms. The van der Waals surface area contributed by atoms with E-state index in [2.05, 4.69) is 20.4 Å². The minimum atomic E-state index is -4.94. The van der Waals surface area contributed by atoms with Crippen LogP contribution in [-0.4, -0.2) is 109 Å². The molecule has 4 aliphatic carbocycles. The van der Waals surface area contributed by atoms with Crippen molar-refractivity contribution in [3.05, 3.63) is 0 Å². The van der Waals surface area contributed by atoms with E-state index in [-0.39, 0.29) is 36.8 Å². The smallest absolute Gasteiger partial charge is 0.418 e. The number of hydrogen-bond donors (Lipinski definition) is 2. The minimum Gasteiger partial charge on any atom is -0.444 e. The number of halogens is 6. The maximum absolute atomic E-state index is 15.9. The maximum Gasteiger partial charge on any atom is 0.418 e.